The maximum absolute atomic E-state index is 11.1. The van der Waals surface area contributed by atoms with Crippen molar-refractivity contribution in [2.75, 3.05) is 6.54 Å². The molecule has 0 aromatic heterocycles. The quantitative estimate of drug-likeness (QED) is 0.650. The molecule has 2 rings (SSSR count). The fourth-order valence-corrected chi connectivity index (χ4v) is 2.42. The average molecular weight is 258 g/mol. The number of carbonyl (C=O) groups is 2. The fraction of sp³-hybridized carbons (Fsp3) is 0.333. The van der Waals surface area contributed by atoms with Crippen LogP contribution in [-0.4, -0.2) is 24.0 Å². The Hall–Kier alpha value is -2.10. The lowest BCUT2D eigenvalue weighted by molar-refractivity contribution is -0.108. The van der Waals surface area contributed by atoms with Gasteiger partial charge >= 0.3 is 0 Å². The number of benzene rings is 1. The fourth-order valence-electron chi connectivity index (χ4n) is 2.42. The van der Waals surface area contributed by atoms with Crippen molar-refractivity contribution >= 4 is 12.6 Å². The number of aldehydes is 2. The minimum Gasteiger partial charge on any atom is -0.394 e. The molecule has 19 heavy (non-hydrogen) atoms. The highest BCUT2D eigenvalue weighted by Crippen LogP contribution is 2.23. The van der Waals surface area contributed by atoms with E-state index in [1.165, 1.54) is 16.7 Å². The van der Waals surface area contributed by atoms with Crippen LogP contribution in [0.5, 0.6) is 0 Å². The van der Waals surface area contributed by atoms with Gasteiger partial charge in [-0.2, -0.15) is 0 Å². The zero-order valence-corrected chi connectivity index (χ0v) is 11.1. The molecule has 4 nitrogen and oxygen atoms in total. The van der Waals surface area contributed by atoms with Crippen molar-refractivity contribution < 1.29 is 9.59 Å². The molecule has 0 saturated heterocycles. The Bertz CT molecular complexity index is 535. The molecule has 0 aliphatic carbocycles. The predicted molar refractivity (Wildman–Crippen MR) is 73.3 cm³/mol. The number of hydrogen-bond acceptors (Lipinski definition) is 4. The molecule has 0 atom stereocenters. The summed E-state index contributed by atoms with van der Waals surface area (Å²) in [5.74, 6) is 0. The highest BCUT2D eigenvalue weighted by atomic mass is 16.1. The zero-order valence-electron chi connectivity index (χ0n) is 11.1. The Morgan fingerprint density at radius 1 is 1.32 bits per heavy atom. The standard InChI is InChI=1S/C15H18N2O2/c1-2-11-3-4-12-5-6-17(8-13(12)7-11)15(10-19)14(16)9-18/h3-4,7,9-10H,2,5-6,8,16H2,1H3/b15-14-. The summed E-state index contributed by atoms with van der Waals surface area (Å²) >= 11 is 0. The molecule has 0 bridgehead atoms. The van der Waals surface area contributed by atoms with Crippen LogP contribution in [0.25, 0.3) is 0 Å². The van der Waals surface area contributed by atoms with Crippen LogP contribution in [0.15, 0.2) is 29.6 Å². The van der Waals surface area contributed by atoms with E-state index in [1.54, 1.807) is 0 Å². The minimum absolute atomic E-state index is 0.00472. The molecule has 0 amide bonds. The van der Waals surface area contributed by atoms with Gasteiger partial charge in [0.05, 0.1) is 5.70 Å². The van der Waals surface area contributed by atoms with Crippen LogP contribution in [0, 0.1) is 0 Å². The molecule has 1 aromatic carbocycles. The third-order valence-electron chi connectivity index (χ3n) is 3.57. The first-order valence-electron chi connectivity index (χ1n) is 6.45. The smallest absolute Gasteiger partial charge is 0.168 e. The van der Waals surface area contributed by atoms with E-state index < -0.39 is 0 Å². The maximum Gasteiger partial charge on any atom is 0.168 e. The summed E-state index contributed by atoms with van der Waals surface area (Å²) in [5.41, 5.74) is 9.67. The molecule has 4 heteroatoms. The van der Waals surface area contributed by atoms with Gasteiger partial charge in [-0.3, -0.25) is 9.59 Å². The molecule has 0 spiro atoms. The van der Waals surface area contributed by atoms with E-state index in [9.17, 15) is 9.59 Å². The topological polar surface area (TPSA) is 63.4 Å². The van der Waals surface area contributed by atoms with Crippen molar-refractivity contribution in [3.63, 3.8) is 0 Å². The molecule has 2 N–H and O–H groups in total. The van der Waals surface area contributed by atoms with Gasteiger partial charge in [0.1, 0.15) is 5.70 Å². The minimum atomic E-state index is 0.00472. The third kappa shape index (κ3) is 2.67. The predicted octanol–water partition coefficient (Wildman–Crippen LogP) is 1.18. The number of carbonyl (C=O) groups excluding carboxylic acids is 2. The lowest BCUT2D eigenvalue weighted by Crippen LogP contribution is -2.32. The SMILES string of the molecule is CCc1ccc2c(c1)CN(/C(C=O)=C(\N)C=O)CC2. The molecular weight excluding hydrogens is 240 g/mol. The summed E-state index contributed by atoms with van der Waals surface area (Å²) in [6.45, 7) is 3.45. The van der Waals surface area contributed by atoms with E-state index in [0.29, 0.717) is 31.4 Å². The van der Waals surface area contributed by atoms with Crippen LogP contribution in [0.2, 0.25) is 0 Å². The second-order valence-corrected chi connectivity index (χ2v) is 4.70. The van der Waals surface area contributed by atoms with Gasteiger partial charge in [0.25, 0.3) is 0 Å². The highest BCUT2D eigenvalue weighted by molar-refractivity contribution is 5.85. The van der Waals surface area contributed by atoms with Crippen LogP contribution in [0.3, 0.4) is 0 Å². The average Bonchev–Trinajstić information content (AvgIpc) is 2.46. The Morgan fingerprint density at radius 2 is 2.11 bits per heavy atom. The molecular formula is C15H18N2O2. The summed E-state index contributed by atoms with van der Waals surface area (Å²) < 4.78 is 0. The van der Waals surface area contributed by atoms with Crippen molar-refractivity contribution in [3.05, 3.63) is 46.3 Å². The molecule has 0 radical (unpaired) electrons. The van der Waals surface area contributed by atoms with E-state index in [1.807, 2.05) is 4.90 Å². The van der Waals surface area contributed by atoms with E-state index in [2.05, 4.69) is 25.1 Å². The Morgan fingerprint density at radius 3 is 2.74 bits per heavy atom. The summed E-state index contributed by atoms with van der Waals surface area (Å²) in [7, 11) is 0. The molecule has 1 aliphatic heterocycles. The van der Waals surface area contributed by atoms with Crippen LogP contribution >= 0.6 is 0 Å². The molecule has 100 valence electrons. The largest absolute Gasteiger partial charge is 0.394 e. The number of rotatable bonds is 4. The second kappa shape index (κ2) is 5.69. The first-order chi connectivity index (χ1) is 9.19. The van der Waals surface area contributed by atoms with Crippen molar-refractivity contribution in [1.82, 2.24) is 4.90 Å². The lowest BCUT2D eigenvalue weighted by Gasteiger charge is -2.31. The first kappa shape index (κ1) is 13.3. The summed E-state index contributed by atoms with van der Waals surface area (Å²) in [4.78, 5) is 23.7. The van der Waals surface area contributed by atoms with Crippen LogP contribution in [-0.2, 0) is 29.0 Å². The normalized spacial score (nSPS) is 15.5. The van der Waals surface area contributed by atoms with Crippen LogP contribution < -0.4 is 5.73 Å². The third-order valence-corrected chi connectivity index (χ3v) is 3.57. The van der Waals surface area contributed by atoms with E-state index >= 15 is 0 Å². The second-order valence-electron chi connectivity index (χ2n) is 4.70. The number of aryl methyl sites for hydroxylation is 1. The van der Waals surface area contributed by atoms with Crippen molar-refractivity contribution in [1.29, 1.82) is 0 Å². The monoisotopic (exact) mass is 258 g/mol. The van der Waals surface area contributed by atoms with E-state index in [4.69, 9.17) is 5.73 Å². The molecule has 0 saturated carbocycles. The molecule has 1 heterocycles. The zero-order chi connectivity index (χ0) is 13.8. The van der Waals surface area contributed by atoms with Gasteiger partial charge in [0, 0.05) is 13.1 Å². The number of allylic oxidation sites excluding steroid dienone is 2. The van der Waals surface area contributed by atoms with Gasteiger partial charge in [-0.1, -0.05) is 25.1 Å². The van der Waals surface area contributed by atoms with E-state index in [0.717, 1.165) is 12.8 Å². The van der Waals surface area contributed by atoms with Crippen molar-refractivity contribution in [3.8, 4) is 0 Å². The Kier molecular flexibility index (Phi) is 4.00. The van der Waals surface area contributed by atoms with Crippen LogP contribution in [0.4, 0.5) is 0 Å². The van der Waals surface area contributed by atoms with Crippen molar-refractivity contribution in [2.45, 2.75) is 26.3 Å². The molecule has 1 aliphatic rings. The summed E-state index contributed by atoms with van der Waals surface area (Å²) in [5, 5.41) is 0. The lowest BCUT2D eigenvalue weighted by atomic mass is 9.96. The van der Waals surface area contributed by atoms with Gasteiger partial charge in [-0.05, 0) is 29.5 Å². The summed E-state index contributed by atoms with van der Waals surface area (Å²) in [6.07, 6.45) is 3.04. The highest BCUT2D eigenvalue weighted by Gasteiger charge is 2.19. The van der Waals surface area contributed by atoms with Gasteiger partial charge < -0.3 is 10.6 Å². The maximum atomic E-state index is 11.1. The molecule has 1 aromatic rings. The van der Waals surface area contributed by atoms with E-state index in [-0.39, 0.29) is 5.70 Å². The number of fused-ring (bicyclic) bond motifs is 1. The van der Waals surface area contributed by atoms with Gasteiger partial charge in [-0.15, -0.1) is 0 Å². The molecule has 0 fully saturated rings. The van der Waals surface area contributed by atoms with Gasteiger partial charge in [0.2, 0.25) is 0 Å². The number of nitrogens with zero attached hydrogens (tertiary/aromatic N) is 1. The number of hydrogen-bond donors (Lipinski definition) is 1. The molecule has 0 unspecified atom stereocenters. The summed E-state index contributed by atoms with van der Waals surface area (Å²) in [6, 6.07) is 6.46. The van der Waals surface area contributed by atoms with Gasteiger partial charge in [-0.25, -0.2) is 0 Å². The van der Waals surface area contributed by atoms with Crippen molar-refractivity contribution in [2.24, 2.45) is 5.73 Å². The first-order valence-corrected chi connectivity index (χ1v) is 6.45. The van der Waals surface area contributed by atoms with Crippen LogP contribution in [0.1, 0.15) is 23.6 Å². The Balaban J connectivity index is 2.30. The van der Waals surface area contributed by atoms with Gasteiger partial charge in [0.15, 0.2) is 12.6 Å². The number of nitrogens with two attached hydrogens (primary N) is 1. The Labute approximate surface area is 112 Å².